The summed E-state index contributed by atoms with van der Waals surface area (Å²) in [5, 5.41) is 16.6. The Kier molecular flexibility index (Phi) is 7.63. The average molecular weight is 330 g/mol. The van der Waals surface area contributed by atoms with Gasteiger partial charge in [0.05, 0.1) is 21.4 Å². The van der Waals surface area contributed by atoms with Crippen molar-refractivity contribution >= 4 is 40.6 Å². The van der Waals surface area contributed by atoms with E-state index in [2.05, 4.69) is 17.2 Å². The third-order valence-electron chi connectivity index (χ3n) is 2.39. The number of carbonyl (C=O) groups excluding carboxylic acids is 1. The predicted octanol–water partition coefficient (Wildman–Crippen LogP) is 2.70. The van der Waals surface area contributed by atoms with Crippen LogP contribution < -0.4 is 10.6 Å². The number of anilines is 1. The minimum Gasteiger partial charge on any atom is -0.382 e. The molecule has 21 heavy (non-hydrogen) atoms. The van der Waals surface area contributed by atoms with Crippen LogP contribution in [-0.4, -0.2) is 35.4 Å². The second-order valence-corrected chi connectivity index (χ2v) is 5.44. The third kappa shape index (κ3) is 6.50. The molecule has 0 aliphatic carbocycles. The highest BCUT2D eigenvalue weighted by atomic mass is 35.5. The Bertz CT molecular complexity index is 525. The van der Waals surface area contributed by atoms with Crippen LogP contribution in [0.15, 0.2) is 30.9 Å². The Morgan fingerprint density at radius 2 is 2.24 bits per heavy atom. The molecule has 0 fully saturated rings. The molecule has 114 valence electrons. The standard InChI is InChI=1S/C13H16ClN3O3S/c1-2-7-21-9-13(18)16-6-5-15-12-4-3-10(17(19)20)8-11(12)14/h2-4,8,15H,1,5-7,9H2,(H,16,18). The van der Waals surface area contributed by atoms with Crippen LogP contribution >= 0.6 is 23.4 Å². The van der Waals surface area contributed by atoms with Gasteiger partial charge in [0.15, 0.2) is 0 Å². The number of nitrogens with one attached hydrogen (secondary N) is 2. The van der Waals surface area contributed by atoms with Crippen molar-refractivity contribution in [3.63, 3.8) is 0 Å². The van der Waals surface area contributed by atoms with Crippen molar-refractivity contribution in [2.24, 2.45) is 0 Å². The molecule has 0 saturated heterocycles. The van der Waals surface area contributed by atoms with Gasteiger partial charge in [-0.15, -0.1) is 18.3 Å². The van der Waals surface area contributed by atoms with Crippen LogP contribution in [0.3, 0.4) is 0 Å². The van der Waals surface area contributed by atoms with Crippen LogP contribution in [0.1, 0.15) is 0 Å². The summed E-state index contributed by atoms with van der Waals surface area (Å²) in [6.07, 6.45) is 1.75. The number of benzene rings is 1. The quantitative estimate of drug-likeness (QED) is 0.315. The van der Waals surface area contributed by atoms with Crippen molar-refractivity contribution < 1.29 is 9.72 Å². The number of hydrogen-bond donors (Lipinski definition) is 2. The zero-order valence-electron chi connectivity index (χ0n) is 11.3. The van der Waals surface area contributed by atoms with Crippen molar-refractivity contribution in [2.45, 2.75) is 0 Å². The zero-order valence-corrected chi connectivity index (χ0v) is 12.9. The number of non-ortho nitro benzene ring substituents is 1. The molecule has 1 aromatic carbocycles. The molecule has 0 radical (unpaired) electrons. The Morgan fingerprint density at radius 3 is 2.86 bits per heavy atom. The van der Waals surface area contributed by atoms with Gasteiger partial charge >= 0.3 is 0 Å². The van der Waals surface area contributed by atoms with Gasteiger partial charge in [-0.25, -0.2) is 0 Å². The maximum absolute atomic E-state index is 11.4. The SMILES string of the molecule is C=CCSCC(=O)NCCNc1ccc([N+](=O)[O-])cc1Cl. The van der Waals surface area contributed by atoms with Gasteiger partial charge in [-0.2, -0.15) is 0 Å². The summed E-state index contributed by atoms with van der Waals surface area (Å²) < 4.78 is 0. The van der Waals surface area contributed by atoms with Crippen LogP contribution in [0.25, 0.3) is 0 Å². The normalized spacial score (nSPS) is 9.95. The number of nitrogens with zero attached hydrogens (tertiary/aromatic N) is 1. The lowest BCUT2D eigenvalue weighted by atomic mass is 10.3. The number of carbonyl (C=O) groups is 1. The van der Waals surface area contributed by atoms with Crippen molar-refractivity contribution in [1.82, 2.24) is 5.32 Å². The summed E-state index contributed by atoms with van der Waals surface area (Å²) in [5.41, 5.74) is 0.538. The number of nitro benzene ring substituents is 1. The van der Waals surface area contributed by atoms with Gasteiger partial charge < -0.3 is 10.6 Å². The van der Waals surface area contributed by atoms with E-state index in [1.54, 1.807) is 12.1 Å². The number of hydrogen-bond acceptors (Lipinski definition) is 5. The average Bonchev–Trinajstić information content (AvgIpc) is 2.45. The molecule has 0 atom stereocenters. The second-order valence-electron chi connectivity index (χ2n) is 4.00. The summed E-state index contributed by atoms with van der Waals surface area (Å²) in [7, 11) is 0. The summed E-state index contributed by atoms with van der Waals surface area (Å²) in [5.74, 6) is 1.09. The number of amides is 1. The van der Waals surface area contributed by atoms with E-state index in [0.717, 1.165) is 5.75 Å². The van der Waals surface area contributed by atoms with Crippen molar-refractivity contribution in [1.29, 1.82) is 0 Å². The highest BCUT2D eigenvalue weighted by molar-refractivity contribution is 8.00. The Labute approximate surface area is 132 Å². The van der Waals surface area contributed by atoms with Crippen molar-refractivity contribution in [3.05, 3.63) is 46.0 Å². The molecule has 0 aliphatic rings. The van der Waals surface area contributed by atoms with Gasteiger partial charge in [0, 0.05) is 31.0 Å². The van der Waals surface area contributed by atoms with Crippen LogP contribution in [0, 0.1) is 10.1 Å². The largest absolute Gasteiger partial charge is 0.382 e. The third-order valence-corrected chi connectivity index (χ3v) is 3.65. The van der Waals surface area contributed by atoms with Gasteiger partial charge in [-0.3, -0.25) is 14.9 Å². The molecule has 0 unspecified atom stereocenters. The molecule has 1 aromatic rings. The van der Waals surface area contributed by atoms with E-state index in [1.807, 2.05) is 0 Å². The first-order valence-corrected chi connectivity index (χ1v) is 7.71. The van der Waals surface area contributed by atoms with E-state index >= 15 is 0 Å². The van der Waals surface area contributed by atoms with Crippen molar-refractivity contribution in [3.8, 4) is 0 Å². The molecule has 6 nitrogen and oxygen atoms in total. The minimum absolute atomic E-state index is 0.0431. The molecular formula is C13H16ClN3O3S. The lowest BCUT2D eigenvalue weighted by molar-refractivity contribution is -0.384. The topological polar surface area (TPSA) is 84.3 Å². The van der Waals surface area contributed by atoms with Gasteiger partial charge in [0.25, 0.3) is 5.69 Å². The van der Waals surface area contributed by atoms with Crippen molar-refractivity contribution in [2.75, 3.05) is 29.9 Å². The monoisotopic (exact) mass is 329 g/mol. The minimum atomic E-state index is -0.503. The number of nitro groups is 1. The first-order valence-electron chi connectivity index (χ1n) is 6.17. The van der Waals surface area contributed by atoms with Crippen LogP contribution in [0.4, 0.5) is 11.4 Å². The molecule has 0 aromatic heterocycles. The molecular weight excluding hydrogens is 314 g/mol. The Hall–Kier alpha value is -1.73. The zero-order chi connectivity index (χ0) is 15.7. The second kappa shape index (κ2) is 9.25. The van der Waals surface area contributed by atoms with E-state index < -0.39 is 4.92 Å². The highest BCUT2D eigenvalue weighted by Gasteiger charge is 2.09. The first-order chi connectivity index (χ1) is 10.0. The number of rotatable bonds is 9. The van der Waals surface area contributed by atoms with E-state index in [-0.39, 0.29) is 16.6 Å². The predicted molar refractivity (Wildman–Crippen MR) is 87.1 cm³/mol. The maximum atomic E-state index is 11.4. The molecule has 1 amide bonds. The van der Waals surface area contributed by atoms with E-state index in [1.165, 1.54) is 23.9 Å². The smallest absolute Gasteiger partial charge is 0.271 e. The fourth-order valence-electron chi connectivity index (χ4n) is 1.45. The van der Waals surface area contributed by atoms with Gasteiger partial charge in [-0.1, -0.05) is 17.7 Å². The molecule has 0 heterocycles. The molecule has 8 heteroatoms. The summed E-state index contributed by atoms with van der Waals surface area (Å²) in [4.78, 5) is 21.5. The summed E-state index contributed by atoms with van der Waals surface area (Å²) in [6.45, 7) is 4.50. The van der Waals surface area contributed by atoms with Crippen LogP contribution in [0.2, 0.25) is 5.02 Å². The molecule has 2 N–H and O–H groups in total. The van der Waals surface area contributed by atoms with E-state index in [4.69, 9.17) is 11.6 Å². The first kappa shape index (κ1) is 17.3. The lowest BCUT2D eigenvalue weighted by Crippen LogP contribution is -2.30. The van der Waals surface area contributed by atoms with Gasteiger partial charge in [-0.05, 0) is 6.07 Å². The molecule has 0 aliphatic heterocycles. The van der Waals surface area contributed by atoms with Crippen LogP contribution in [-0.2, 0) is 4.79 Å². The molecule has 0 bridgehead atoms. The number of thioether (sulfide) groups is 1. The fraction of sp³-hybridized carbons (Fsp3) is 0.308. The molecule has 0 spiro atoms. The fourth-order valence-corrected chi connectivity index (χ4v) is 2.26. The van der Waals surface area contributed by atoms with E-state index in [9.17, 15) is 14.9 Å². The lowest BCUT2D eigenvalue weighted by Gasteiger charge is -2.09. The summed E-state index contributed by atoms with van der Waals surface area (Å²) in [6, 6.07) is 4.20. The van der Waals surface area contributed by atoms with Gasteiger partial charge in [0.2, 0.25) is 5.91 Å². The maximum Gasteiger partial charge on any atom is 0.271 e. The molecule has 1 rings (SSSR count). The highest BCUT2D eigenvalue weighted by Crippen LogP contribution is 2.26. The molecule has 0 saturated carbocycles. The van der Waals surface area contributed by atoms with Gasteiger partial charge in [0.1, 0.15) is 0 Å². The summed E-state index contributed by atoms with van der Waals surface area (Å²) >= 11 is 7.42. The van der Waals surface area contributed by atoms with E-state index in [0.29, 0.717) is 24.5 Å². The van der Waals surface area contributed by atoms with Crippen LogP contribution in [0.5, 0.6) is 0 Å². The number of halogens is 1. The Morgan fingerprint density at radius 1 is 1.48 bits per heavy atom. The Balaban J connectivity index is 2.31.